The Balaban J connectivity index is 2.08. The zero-order valence-electron chi connectivity index (χ0n) is 11.2. The molecule has 0 aromatic heterocycles. The van der Waals surface area contributed by atoms with Crippen molar-refractivity contribution in [3.8, 4) is 0 Å². The van der Waals surface area contributed by atoms with E-state index < -0.39 is 6.10 Å². The highest BCUT2D eigenvalue weighted by molar-refractivity contribution is 5.83. The number of fused-ring (bicyclic) bond motifs is 1. The van der Waals surface area contributed by atoms with E-state index in [1.54, 1.807) is 25.1 Å². The van der Waals surface area contributed by atoms with Crippen molar-refractivity contribution >= 4 is 10.8 Å². The van der Waals surface area contributed by atoms with Crippen molar-refractivity contribution < 1.29 is 9.50 Å². The second-order valence-electron chi connectivity index (χ2n) is 4.99. The third-order valence-electron chi connectivity index (χ3n) is 3.61. The second-order valence-corrected chi connectivity index (χ2v) is 4.99. The number of aliphatic hydroxyl groups excluding tert-OH is 1. The van der Waals surface area contributed by atoms with Gasteiger partial charge in [-0.15, -0.1) is 0 Å². The van der Waals surface area contributed by atoms with E-state index in [9.17, 15) is 9.50 Å². The van der Waals surface area contributed by atoms with Gasteiger partial charge in [0.1, 0.15) is 11.9 Å². The fraction of sp³-hybridized carbons (Fsp3) is 0.111. The maximum Gasteiger partial charge on any atom is 0.132 e. The van der Waals surface area contributed by atoms with E-state index in [2.05, 4.69) is 0 Å². The molecule has 0 aliphatic rings. The average molecular weight is 266 g/mol. The Morgan fingerprint density at radius 1 is 0.900 bits per heavy atom. The third-order valence-corrected chi connectivity index (χ3v) is 3.61. The molecule has 0 bridgehead atoms. The first kappa shape index (κ1) is 12.8. The van der Waals surface area contributed by atoms with Gasteiger partial charge in [-0.2, -0.15) is 0 Å². The monoisotopic (exact) mass is 266 g/mol. The molecule has 0 amide bonds. The van der Waals surface area contributed by atoms with Crippen LogP contribution in [-0.2, 0) is 0 Å². The highest BCUT2D eigenvalue weighted by Crippen LogP contribution is 2.28. The second kappa shape index (κ2) is 5.06. The summed E-state index contributed by atoms with van der Waals surface area (Å²) >= 11 is 0. The maximum atomic E-state index is 14.1. The number of benzene rings is 3. The smallest absolute Gasteiger partial charge is 0.132 e. The van der Waals surface area contributed by atoms with Crippen LogP contribution in [0.2, 0.25) is 0 Å². The van der Waals surface area contributed by atoms with Gasteiger partial charge in [-0.3, -0.25) is 0 Å². The number of aliphatic hydroxyl groups is 1. The quantitative estimate of drug-likeness (QED) is 0.730. The summed E-state index contributed by atoms with van der Waals surface area (Å²) in [5.74, 6) is -0.340. The van der Waals surface area contributed by atoms with Crippen molar-refractivity contribution in [2.24, 2.45) is 0 Å². The molecule has 0 heterocycles. The van der Waals surface area contributed by atoms with Crippen LogP contribution in [0.1, 0.15) is 22.8 Å². The van der Waals surface area contributed by atoms with E-state index in [-0.39, 0.29) is 5.82 Å². The Bertz CT molecular complexity index is 764. The van der Waals surface area contributed by atoms with Crippen molar-refractivity contribution in [1.29, 1.82) is 0 Å². The number of halogens is 1. The standard InChI is InChI=1S/C18H15FO/c1-12-5-4-8-16(17(12)19)18(20)15-10-9-13-6-2-3-7-14(13)11-15/h2-11,18,20H,1H3. The molecule has 0 saturated carbocycles. The molecular formula is C18H15FO. The molecule has 1 N–H and O–H groups in total. The SMILES string of the molecule is Cc1cccc(C(O)c2ccc3ccccc3c2)c1F. The van der Waals surface area contributed by atoms with E-state index in [0.29, 0.717) is 16.7 Å². The van der Waals surface area contributed by atoms with Crippen LogP contribution in [0.3, 0.4) is 0 Å². The summed E-state index contributed by atoms with van der Waals surface area (Å²) in [6.07, 6.45) is -0.945. The molecule has 100 valence electrons. The summed E-state index contributed by atoms with van der Waals surface area (Å²) in [5.41, 5.74) is 1.57. The van der Waals surface area contributed by atoms with Gasteiger partial charge in [-0.25, -0.2) is 4.39 Å². The van der Waals surface area contributed by atoms with Gasteiger partial charge in [0.05, 0.1) is 0 Å². The van der Waals surface area contributed by atoms with Crippen molar-refractivity contribution in [1.82, 2.24) is 0 Å². The van der Waals surface area contributed by atoms with E-state index in [1.807, 2.05) is 42.5 Å². The van der Waals surface area contributed by atoms with Crippen LogP contribution in [-0.4, -0.2) is 5.11 Å². The summed E-state index contributed by atoms with van der Waals surface area (Å²) in [4.78, 5) is 0. The first-order valence-corrected chi connectivity index (χ1v) is 6.58. The third kappa shape index (κ3) is 2.19. The van der Waals surface area contributed by atoms with Crippen molar-refractivity contribution in [2.75, 3.05) is 0 Å². The lowest BCUT2D eigenvalue weighted by atomic mass is 9.97. The number of rotatable bonds is 2. The first-order chi connectivity index (χ1) is 9.66. The Morgan fingerprint density at radius 3 is 2.45 bits per heavy atom. The predicted molar refractivity (Wildman–Crippen MR) is 79.1 cm³/mol. The predicted octanol–water partition coefficient (Wildman–Crippen LogP) is 4.37. The fourth-order valence-electron chi connectivity index (χ4n) is 2.44. The minimum Gasteiger partial charge on any atom is -0.384 e. The van der Waals surface area contributed by atoms with Gasteiger partial charge < -0.3 is 5.11 Å². The van der Waals surface area contributed by atoms with E-state index in [1.165, 1.54) is 0 Å². The largest absolute Gasteiger partial charge is 0.384 e. The van der Waals surface area contributed by atoms with Crippen LogP contribution >= 0.6 is 0 Å². The summed E-state index contributed by atoms with van der Waals surface area (Å²) in [7, 11) is 0. The zero-order valence-corrected chi connectivity index (χ0v) is 11.2. The molecule has 1 atom stereocenters. The Morgan fingerprint density at radius 2 is 1.65 bits per heavy atom. The van der Waals surface area contributed by atoms with Crippen LogP contribution < -0.4 is 0 Å². The summed E-state index contributed by atoms with van der Waals surface area (Å²) in [6.45, 7) is 1.70. The van der Waals surface area contributed by atoms with Gasteiger partial charge in [0, 0.05) is 5.56 Å². The van der Waals surface area contributed by atoms with E-state index in [0.717, 1.165) is 10.8 Å². The minimum atomic E-state index is -0.945. The maximum absolute atomic E-state index is 14.1. The molecule has 3 rings (SSSR count). The molecular weight excluding hydrogens is 251 g/mol. The Hall–Kier alpha value is -2.19. The minimum absolute atomic E-state index is 0.320. The van der Waals surface area contributed by atoms with Gasteiger partial charge in [-0.05, 0) is 34.9 Å². The van der Waals surface area contributed by atoms with Gasteiger partial charge in [0.15, 0.2) is 0 Å². The molecule has 0 saturated heterocycles. The van der Waals surface area contributed by atoms with Crippen molar-refractivity contribution in [3.05, 3.63) is 83.2 Å². The Labute approximate surface area is 117 Å². The van der Waals surface area contributed by atoms with Gasteiger partial charge in [-0.1, -0.05) is 54.6 Å². The van der Waals surface area contributed by atoms with Gasteiger partial charge in [0.25, 0.3) is 0 Å². The zero-order chi connectivity index (χ0) is 14.1. The van der Waals surface area contributed by atoms with Crippen LogP contribution in [0.15, 0.2) is 60.7 Å². The molecule has 0 fully saturated rings. The first-order valence-electron chi connectivity index (χ1n) is 6.58. The summed E-state index contributed by atoms with van der Waals surface area (Å²) in [5, 5.41) is 12.6. The fourth-order valence-corrected chi connectivity index (χ4v) is 2.44. The molecule has 3 aromatic carbocycles. The van der Waals surface area contributed by atoms with Gasteiger partial charge >= 0.3 is 0 Å². The highest BCUT2D eigenvalue weighted by atomic mass is 19.1. The van der Waals surface area contributed by atoms with Crippen LogP contribution in [0.4, 0.5) is 4.39 Å². The molecule has 3 aromatic rings. The van der Waals surface area contributed by atoms with Crippen LogP contribution in [0, 0.1) is 12.7 Å². The molecule has 1 unspecified atom stereocenters. The lowest BCUT2D eigenvalue weighted by Crippen LogP contribution is -2.03. The molecule has 2 heteroatoms. The van der Waals surface area contributed by atoms with Crippen molar-refractivity contribution in [2.45, 2.75) is 13.0 Å². The van der Waals surface area contributed by atoms with E-state index in [4.69, 9.17) is 0 Å². The molecule has 0 aliphatic carbocycles. The molecule has 0 spiro atoms. The topological polar surface area (TPSA) is 20.2 Å². The lowest BCUT2D eigenvalue weighted by Gasteiger charge is -2.14. The van der Waals surface area contributed by atoms with Crippen molar-refractivity contribution in [3.63, 3.8) is 0 Å². The normalized spacial score (nSPS) is 12.6. The summed E-state index contributed by atoms with van der Waals surface area (Å²) < 4.78 is 14.1. The molecule has 0 radical (unpaired) electrons. The molecule has 20 heavy (non-hydrogen) atoms. The van der Waals surface area contributed by atoms with Gasteiger partial charge in [0.2, 0.25) is 0 Å². The highest BCUT2D eigenvalue weighted by Gasteiger charge is 2.16. The molecule has 0 aliphatic heterocycles. The molecule has 1 nitrogen and oxygen atoms in total. The average Bonchev–Trinajstić information content (AvgIpc) is 2.49. The number of hydrogen-bond acceptors (Lipinski definition) is 1. The van der Waals surface area contributed by atoms with Crippen LogP contribution in [0.5, 0.6) is 0 Å². The Kier molecular flexibility index (Phi) is 3.25. The summed E-state index contributed by atoms with van der Waals surface area (Å²) in [6, 6.07) is 18.7. The lowest BCUT2D eigenvalue weighted by molar-refractivity contribution is 0.215. The number of hydrogen-bond donors (Lipinski definition) is 1. The number of aryl methyl sites for hydroxylation is 1. The van der Waals surface area contributed by atoms with E-state index >= 15 is 0 Å². The van der Waals surface area contributed by atoms with Crippen LogP contribution in [0.25, 0.3) is 10.8 Å².